The lowest BCUT2D eigenvalue weighted by molar-refractivity contribution is 0.676. The monoisotopic (exact) mass is 452 g/mol. The molecule has 0 amide bonds. The van der Waals surface area contributed by atoms with Crippen molar-refractivity contribution in [2.75, 3.05) is 24.2 Å². The van der Waals surface area contributed by atoms with Crippen molar-refractivity contribution in [3.05, 3.63) is 58.5 Å². The minimum atomic E-state index is 0.532. The Balaban J connectivity index is 1.62. The Morgan fingerprint density at radius 2 is 2.03 bits per heavy atom. The summed E-state index contributed by atoms with van der Waals surface area (Å²) >= 11 is 11.7. The van der Waals surface area contributed by atoms with Crippen molar-refractivity contribution in [1.29, 1.82) is 0 Å². The fourth-order valence-electron chi connectivity index (χ4n) is 3.61. The minimum Gasteiger partial charge on any atom is -0.349 e. The lowest BCUT2D eigenvalue weighted by Gasteiger charge is -2.13. The van der Waals surface area contributed by atoms with Gasteiger partial charge in [-0.15, -0.1) is 0 Å². The van der Waals surface area contributed by atoms with E-state index in [9.17, 15) is 0 Å². The first-order chi connectivity index (χ1) is 15.0. The number of nitrogens with one attached hydrogen (secondary N) is 3. The zero-order valence-corrected chi connectivity index (χ0v) is 19.2. The van der Waals surface area contributed by atoms with Gasteiger partial charge in [0, 0.05) is 40.7 Å². The molecular formula is C23H25ClN6S. The van der Waals surface area contributed by atoms with Gasteiger partial charge < -0.3 is 16.0 Å². The van der Waals surface area contributed by atoms with Crippen molar-refractivity contribution < 1.29 is 0 Å². The van der Waals surface area contributed by atoms with E-state index in [0.717, 1.165) is 64.7 Å². The zero-order valence-electron chi connectivity index (χ0n) is 17.6. The first kappa shape index (κ1) is 21.6. The molecule has 0 atom stereocenters. The molecule has 6 nitrogen and oxygen atoms in total. The van der Waals surface area contributed by atoms with Crippen molar-refractivity contribution in [3.8, 4) is 11.3 Å². The Morgan fingerprint density at radius 1 is 1.16 bits per heavy atom. The van der Waals surface area contributed by atoms with Gasteiger partial charge in [-0.2, -0.15) is 0 Å². The van der Waals surface area contributed by atoms with E-state index in [1.807, 2.05) is 44.6 Å². The van der Waals surface area contributed by atoms with Gasteiger partial charge in [-0.1, -0.05) is 23.8 Å². The average molecular weight is 453 g/mol. The number of fused-ring (bicyclic) bond motifs is 3. The van der Waals surface area contributed by atoms with Crippen LogP contribution in [-0.2, 0) is 12.8 Å². The van der Waals surface area contributed by atoms with Crippen LogP contribution in [0.1, 0.15) is 29.7 Å². The first-order valence-electron chi connectivity index (χ1n) is 10.4. The Labute approximate surface area is 192 Å². The summed E-state index contributed by atoms with van der Waals surface area (Å²) in [5.41, 5.74) is 6.69. The third-order valence-corrected chi connectivity index (χ3v) is 5.74. The van der Waals surface area contributed by atoms with Gasteiger partial charge in [0.15, 0.2) is 0 Å². The molecule has 3 N–H and O–H groups in total. The van der Waals surface area contributed by atoms with Crippen LogP contribution in [0.25, 0.3) is 11.3 Å². The number of nitrogens with zero attached hydrogens (tertiary/aromatic N) is 3. The molecular weight excluding hydrogens is 428 g/mol. The lowest BCUT2D eigenvalue weighted by atomic mass is 10.1. The molecule has 1 aliphatic heterocycles. The topological polar surface area (TPSA) is 74.8 Å². The average Bonchev–Trinajstić information content (AvgIpc) is 2.88. The van der Waals surface area contributed by atoms with Crippen LogP contribution < -0.4 is 16.0 Å². The van der Waals surface area contributed by atoms with Crippen LogP contribution in [0.4, 0.5) is 17.3 Å². The Kier molecular flexibility index (Phi) is 6.75. The number of hydrogen-bond acceptors (Lipinski definition) is 6. The molecule has 0 saturated heterocycles. The van der Waals surface area contributed by atoms with Crippen molar-refractivity contribution in [2.24, 2.45) is 0 Å². The van der Waals surface area contributed by atoms with Gasteiger partial charge in [0.05, 0.1) is 22.1 Å². The maximum Gasteiger partial charge on any atom is 0.227 e. The van der Waals surface area contributed by atoms with Gasteiger partial charge in [0.1, 0.15) is 0 Å². The summed E-state index contributed by atoms with van der Waals surface area (Å²) in [6, 6.07) is 7.84. The molecule has 0 bridgehead atoms. The maximum atomic E-state index is 6.19. The third kappa shape index (κ3) is 5.18. The molecule has 1 aliphatic rings. The predicted molar refractivity (Wildman–Crippen MR) is 132 cm³/mol. The first-order valence-corrected chi connectivity index (χ1v) is 11.1. The van der Waals surface area contributed by atoms with E-state index >= 15 is 0 Å². The largest absolute Gasteiger partial charge is 0.349 e. The van der Waals surface area contributed by atoms with E-state index in [2.05, 4.69) is 32.0 Å². The van der Waals surface area contributed by atoms with E-state index in [1.165, 1.54) is 5.56 Å². The fourth-order valence-corrected chi connectivity index (χ4v) is 4.05. The summed E-state index contributed by atoms with van der Waals surface area (Å²) in [7, 11) is 1.98. The molecule has 0 fully saturated rings. The summed E-state index contributed by atoms with van der Waals surface area (Å²) in [5, 5.41) is 10.5. The standard InChI is InChI=1S/C23H25ClN6S/c1-14-19(9-15(12-26-14)5-3-4-8-25-2)29-23-27-13-16-10-21(31)28-20-11-17(24)6-7-18(20)22(16)30-23/h6-7,9,11-13,25H,3-5,8,10H2,1-2H3,(H,28,31)(H,27,29,30). The van der Waals surface area contributed by atoms with Gasteiger partial charge >= 0.3 is 0 Å². The van der Waals surface area contributed by atoms with Crippen LogP contribution >= 0.6 is 23.8 Å². The Bertz CT molecular complexity index is 1120. The quantitative estimate of drug-likeness (QED) is 0.341. The molecule has 31 heavy (non-hydrogen) atoms. The zero-order chi connectivity index (χ0) is 21.8. The maximum absolute atomic E-state index is 6.19. The molecule has 1 aromatic carbocycles. The number of hydrogen-bond donors (Lipinski definition) is 3. The van der Waals surface area contributed by atoms with Gasteiger partial charge in [-0.05, 0) is 69.6 Å². The highest BCUT2D eigenvalue weighted by Crippen LogP contribution is 2.35. The van der Waals surface area contributed by atoms with Crippen LogP contribution in [0.2, 0.25) is 5.02 Å². The third-order valence-electron chi connectivity index (χ3n) is 5.26. The highest BCUT2D eigenvalue weighted by atomic mass is 35.5. The fraction of sp³-hybridized carbons (Fsp3) is 0.304. The molecule has 0 radical (unpaired) electrons. The SMILES string of the molecule is CNCCCCc1cnc(C)c(Nc2ncc3c(n2)-c2ccc(Cl)cc2NC(=S)C3)c1. The van der Waals surface area contributed by atoms with Crippen LogP contribution in [0.3, 0.4) is 0 Å². The van der Waals surface area contributed by atoms with Crippen LogP contribution in [-0.4, -0.2) is 33.5 Å². The molecule has 0 saturated carbocycles. The second-order valence-corrected chi connectivity index (χ2v) is 8.57. The Morgan fingerprint density at radius 3 is 2.87 bits per heavy atom. The van der Waals surface area contributed by atoms with Crippen LogP contribution in [0, 0.1) is 6.92 Å². The van der Waals surface area contributed by atoms with Gasteiger partial charge in [0.2, 0.25) is 5.95 Å². The molecule has 0 spiro atoms. The normalized spacial score (nSPS) is 12.5. The highest BCUT2D eigenvalue weighted by molar-refractivity contribution is 7.80. The van der Waals surface area contributed by atoms with E-state index in [4.69, 9.17) is 28.8 Å². The number of rotatable bonds is 7. The number of benzene rings is 1. The van der Waals surface area contributed by atoms with E-state index in [-0.39, 0.29) is 0 Å². The molecule has 0 unspecified atom stereocenters. The predicted octanol–water partition coefficient (Wildman–Crippen LogP) is 5.08. The van der Waals surface area contributed by atoms with Gasteiger partial charge in [-0.25, -0.2) is 9.97 Å². The molecule has 4 rings (SSSR count). The number of aromatic nitrogens is 3. The smallest absolute Gasteiger partial charge is 0.227 e. The number of halogens is 1. The molecule has 0 aliphatic carbocycles. The van der Waals surface area contributed by atoms with Gasteiger partial charge in [-0.3, -0.25) is 4.98 Å². The van der Waals surface area contributed by atoms with Crippen LogP contribution in [0.15, 0.2) is 36.7 Å². The summed E-state index contributed by atoms with van der Waals surface area (Å²) < 4.78 is 0. The second kappa shape index (κ2) is 9.68. The summed E-state index contributed by atoms with van der Waals surface area (Å²) in [5.74, 6) is 0.532. The molecule has 3 aromatic rings. The number of aryl methyl sites for hydroxylation is 2. The molecule has 8 heteroatoms. The number of thiocarbonyl (C=S) groups is 1. The number of unbranched alkanes of at least 4 members (excludes halogenated alkanes) is 1. The highest BCUT2D eigenvalue weighted by Gasteiger charge is 2.20. The number of anilines is 3. The van der Waals surface area contributed by atoms with Crippen molar-refractivity contribution in [3.63, 3.8) is 0 Å². The van der Waals surface area contributed by atoms with E-state index < -0.39 is 0 Å². The van der Waals surface area contributed by atoms with Gasteiger partial charge in [0.25, 0.3) is 0 Å². The second-order valence-electron chi connectivity index (χ2n) is 7.64. The Hall–Kier alpha value is -2.61. The lowest BCUT2D eigenvalue weighted by Crippen LogP contribution is -2.10. The minimum absolute atomic E-state index is 0.532. The van der Waals surface area contributed by atoms with Crippen molar-refractivity contribution >= 4 is 46.1 Å². The summed E-state index contributed by atoms with van der Waals surface area (Å²) in [6.07, 6.45) is 7.62. The van der Waals surface area contributed by atoms with Crippen molar-refractivity contribution in [1.82, 2.24) is 20.3 Å². The molecule has 160 valence electrons. The molecule has 2 aromatic heterocycles. The van der Waals surface area contributed by atoms with Crippen molar-refractivity contribution in [2.45, 2.75) is 32.6 Å². The summed E-state index contributed by atoms with van der Waals surface area (Å²) in [6.45, 7) is 3.01. The van der Waals surface area contributed by atoms with E-state index in [0.29, 0.717) is 17.4 Å². The summed E-state index contributed by atoms with van der Waals surface area (Å²) in [4.78, 5) is 14.6. The number of pyridine rings is 1. The van der Waals surface area contributed by atoms with Crippen LogP contribution in [0.5, 0.6) is 0 Å². The van der Waals surface area contributed by atoms with E-state index in [1.54, 1.807) is 0 Å². The molecule has 3 heterocycles.